The molecule has 0 spiro atoms. The number of halogens is 1. The number of carboxylic acid groups (broad SMARTS) is 1. The van der Waals surface area contributed by atoms with E-state index < -0.39 is 5.97 Å². The van der Waals surface area contributed by atoms with Crippen LogP contribution in [0.1, 0.15) is 20.8 Å². The molecular weight excluding hydrogens is 332 g/mol. The van der Waals surface area contributed by atoms with Crippen LogP contribution in [0.5, 0.6) is 0 Å². The Morgan fingerprint density at radius 3 is 2.78 bits per heavy atom. The van der Waals surface area contributed by atoms with E-state index in [9.17, 15) is 4.79 Å². The summed E-state index contributed by atoms with van der Waals surface area (Å²) in [5.74, 6) is -0.00732. The van der Waals surface area contributed by atoms with Crippen molar-refractivity contribution in [3.63, 3.8) is 0 Å². The number of hydrogen-bond acceptors (Lipinski definition) is 3. The van der Waals surface area contributed by atoms with Gasteiger partial charge in [-0.2, -0.15) is 0 Å². The van der Waals surface area contributed by atoms with Crippen LogP contribution in [0.3, 0.4) is 0 Å². The first-order valence-corrected chi connectivity index (χ1v) is 7.87. The molecule has 0 bridgehead atoms. The molecule has 0 aliphatic rings. The van der Waals surface area contributed by atoms with Gasteiger partial charge in [-0.15, -0.1) is 23.1 Å². The Bertz CT molecular complexity index is 578. The lowest BCUT2D eigenvalue weighted by molar-refractivity contribution is 0.0696. The standard InChI is InChI=1S/C13H11BrO2S2/c1-8-2-3-9(6-11(8)13(15)16)17-7-10-4-5-12(14)18-10/h2-6H,7H2,1H3,(H,15,16). The number of aryl methyl sites for hydroxylation is 1. The van der Waals surface area contributed by atoms with Crippen molar-refractivity contribution in [3.05, 3.63) is 50.1 Å². The average Bonchev–Trinajstić information content (AvgIpc) is 2.74. The van der Waals surface area contributed by atoms with Crippen LogP contribution >= 0.6 is 39.0 Å². The van der Waals surface area contributed by atoms with Crippen LogP contribution in [-0.4, -0.2) is 11.1 Å². The maximum atomic E-state index is 11.0. The summed E-state index contributed by atoms with van der Waals surface area (Å²) in [6, 6.07) is 9.67. The van der Waals surface area contributed by atoms with Gasteiger partial charge < -0.3 is 5.11 Å². The second-order valence-corrected chi connectivity index (χ2v) is 7.37. The van der Waals surface area contributed by atoms with Crippen LogP contribution in [-0.2, 0) is 5.75 Å². The molecule has 0 atom stereocenters. The first-order valence-electron chi connectivity index (χ1n) is 5.27. The Kier molecular flexibility index (Phi) is 4.48. The first kappa shape index (κ1) is 13.6. The fourth-order valence-electron chi connectivity index (χ4n) is 1.51. The van der Waals surface area contributed by atoms with E-state index in [2.05, 4.69) is 22.0 Å². The third-order valence-electron chi connectivity index (χ3n) is 2.45. The molecule has 0 aliphatic heterocycles. The summed E-state index contributed by atoms with van der Waals surface area (Å²) in [6.45, 7) is 1.81. The number of carbonyl (C=O) groups is 1. The van der Waals surface area contributed by atoms with Gasteiger partial charge >= 0.3 is 5.97 Å². The number of thiophene rings is 1. The van der Waals surface area contributed by atoms with E-state index in [1.807, 2.05) is 25.1 Å². The summed E-state index contributed by atoms with van der Waals surface area (Å²) in [4.78, 5) is 13.3. The molecule has 2 aromatic rings. The first-order chi connectivity index (χ1) is 8.56. The Morgan fingerprint density at radius 2 is 2.17 bits per heavy atom. The van der Waals surface area contributed by atoms with E-state index in [1.54, 1.807) is 29.2 Å². The number of aromatic carboxylic acids is 1. The highest BCUT2D eigenvalue weighted by atomic mass is 79.9. The molecule has 0 fully saturated rings. The van der Waals surface area contributed by atoms with Crippen molar-refractivity contribution in [1.29, 1.82) is 0 Å². The molecule has 18 heavy (non-hydrogen) atoms. The largest absolute Gasteiger partial charge is 0.478 e. The molecule has 0 unspecified atom stereocenters. The normalized spacial score (nSPS) is 10.6. The number of thioether (sulfide) groups is 1. The number of hydrogen-bond donors (Lipinski definition) is 1. The second kappa shape index (κ2) is 5.91. The molecule has 5 heteroatoms. The summed E-state index contributed by atoms with van der Waals surface area (Å²) in [5.41, 5.74) is 1.18. The smallest absolute Gasteiger partial charge is 0.335 e. The van der Waals surface area contributed by atoms with Crippen molar-refractivity contribution < 1.29 is 9.90 Å². The van der Waals surface area contributed by atoms with E-state index in [-0.39, 0.29) is 0 Å². The highest BCUT2D eigenvalue weighted by Gasteiger charge is 2.08. The minimum atomic E-state index is -0.867. The van der Waals surface area contributed by atoms with E-state index in [4.69, 9.17) is 5.11 Å². The van der Waals surface area contributed by atoms with Crippen molar-refractivity contribution in [2.75, 3.05) is 0 Å². The number of carboxylic acids is 1. The van der Waals surface area contributed by atoms with Crippen LogP contribution in [0.25, 0.3) is 0 Å². The maximum Gasteiger partial charge on any atom is 0.335 e. The van der Waals surface area contributed by atoms with Gasteiger partial charge in [0.1, 0.15) is 0 Å². The van der Waals surface area contributed by atoms with E-state index >= 15 is 0 Å². The monoisotopic (exact) mass is 342 g/mol. The van der Waals surface area contributed by atoms with E-state index in [0.717, 1.165) is 20.0 Å². The van der Waals surface area contributed by atoms with Crippen LogP contribution in [0.2, 0.25) is 0 Å². The fourth-order valence-corrected chi connectivity index (χ4v) is 3.97. The Morgan fingerprint density at radius 1 is 1.39 bits per heavy atom. The second-order valence-electron chi connectivity index (χ2n) is 3.78. The lowest BCUT2D eigenvalue weighted by atomic mass is 10.1. The predicted octanol–water partition coefficient (Wildman–Crippen LogP) is 4.81. The third-order valence-corrected chi connectivity index (χ3v) is 5.30. The van der Waals surface area contributed by atoms with Gasteiger partial charge in [-0.05, 0) is 52.7 Å². The Labute approximate surface area is 122 Å². The zero-order valence-electron chi connectivity index (χ0n) is 9.64. The maximum absolute atomic E-state index is 11.0. The van der Waals surface area contributed by atoms with Gasteiger partial charge in [-0.25, -0.2) is 4.79 Å². The summed E-state index contributed by atoms with van der Waals surface area (Å²) in [6.07, 6.45) is 0. The molecule has 1 N–H and O–H groups in total. The quantitative estimate of drug-likeness (QED) is 0.810. The summed E-state index contributed by atoms with van der Waals surface area (Å²) >= 11 is 6.78. The van der Waals surface area contributed by atoms with Crippen LogP contribution in [0.4, 0.5) is 0 Å². The molecule has 1 aromatic carbocycles. The lowest BCUT2D eigenvalue weighted by Crippen LogP contribution is -1.99. The van der Waals surface area contributed by atoms with E-state index in [0.29, 0.717) is 5.56 Å². The highest BCUT2D eigenvalue weighted by molar-refractivity contribution is 9.11. The fraction of sp³-hybridized carbons (Fsp3) is 0.154. The molecule has 0 saturated heterocycles. The van der Waals surface area contributed by atoms with Gasteiger partial charge in [0.2, 0.25) is 0 Å². The number of rotatable bonds is 4. The molecule has 1 aromatic heterocycles. The van der Waals surface area contributed by atoms with Crippen molar-refractivity contribution in [1.82, 2.24) is 0 Å². The van der Waals surface area contributed by atoms with Crippen LogP contribution in [0.15, 0.2) is 39.0 Å². The van der Waals surface area contributed by atoms with Crippen molar-refractivity contribution in [2.45, 2.75) is 17.6 Å². The van der Waals surface area contributed by atoms with Gasteiger partial charge in [0, 0.05) is 15.5 Å². The van der Waals surface area contributed by atoms with Gasteiger partial charge in [-0.1, -0.05) is 6.07 Å². The molecule has 2 nitrogen and oxygen atoms in total. The van der Waals surface area contributed by atoms with Crippen LogP contribution < -0.4 is 0 Å². The van der Waals surface area contributed by atoms with Gasteiger partial charge in [0.05, 0.1) is 9.35 Å². The van der Waals surface area contributed by atoms with Crippen molar-refractivity contribution >= 4 is 45.0 Å². The molecule has 1 heterocycles. The van der Waals surface area contributed by atoms with Crippen molar-refractivity contribution in [3.8, 4) is 0 Å². The van der Waals surface area contributed by atoms with Gasteiger partial charge in [0.25, 0.3) is 0 Å². The molecule has 94 valence electrons. The zero-order chi connectivity index (χ0) is 13.1. The topological polar surface area (TPSA) is 37.3 Å². The summed E-state index contributed by atoms with van der Waals surface area (Å²) in [7, 11) is 0. The summed E-state index contributed by atoms with van der Waals surface area (Å²) in [5, 5.41) is 9.07. The summed E-state index contributed by atoms with van der Waals surface area (Å²) < 4.78 is 1.12. The van der Waals surface area contributed by atoms with Gasteiger partial charge in [-0.3, -0.25) is 0 Å². The molecular formula is C13H11BrO2S2. The molecule has 0 amide bonds. The third kappa shape index (κ3) is 3.37. The highest BCUT2D eigenvalue weighted by Crippen LogP contribution is 2.30. The minimum absolute atomic E-state index is 0.382. The molecule has 0 saturated carbocycles. The Balaban J connectivity index is 2.10. The SMILES string of the molecule is Cc1ccc(SCc2ccc(Br)s2)cc1C(=O)O. The Hall–Kier alpha value is -0.780. The molecule has 0 radical (unpaired) electrons. The minimum Gasteiger partial charge on any atom is -0.478 e. The van der Waals surface area contributed by atoms with Crippen LogP contribution in [0, 0.1) is 6.92 Å². The number of benzene rings is 1. The lowest BCUT2D eigenvalue weighted by Gasteiger charge is -2.04. The average molecular weight is 343 g/mol. The zero-order valence-corrected chi connectivity index (χ0v) is 12.9. The predicted molar refractivity (Wildman–Crippen MR) is 79.7 cm³/mol. The van der Waals surface area contributed by atoms with E-state index in [1.165, 1.54) is 4.88 Å². The molecule has 2 rings (SSSR count). The van der Waals surface area contributed by atoms with Gasteiger partial charge in [0.15, 0.2) is 0 Å². The van der Waals surface area contributed by atoms with Crippen molar-refractivity contribution in [2.24, 2.45) is 0 Å². The molecule has 0 aliphatic carbocycles.